The molecule has 1 amide bonds. The number of pyridine rings is 1. The van der Waals surface area contributed by atoms with Gasteiger partial charge >= 0.3 is 5.76 Å². The third-order valence-corrected chi connectivity index (χ3v) is 7.06. The third-order valence-electron chi connectivity index (χ3n) is 5.56. The Bertz CT molecular complexity index is 1220. The fourth-order valence-corrected chi connectivity index (χ4v) is 4.94. The van der Waals surface area contributed by atoms with Gasteiger partial charge in [0.05, 0.1) is 12.1 Å². The number of sulfonamides is 1. The van der Waals surface area contributed by atoms with Crippen LogP contribution in [-0.2, 0) is 21.2 Å². The second-order valence-corrected chi connectivity index (χ2v) is 9.75. The standard InChI is InChI=1S/C23H23F2N3O3S/c24-23(25)32(30,31)28-10-4-7-20(15-28)27-22(29)13-21-12-19-11-17(8-9-18(19)14-26-21)16-5-2-1-3-6-16/h1-3,5-6,8-9,11-12,14,20,23H,4,7,10,13,15H2,(H,27,29). The Balaban J connectivity index is 1.44. The van der Waals surface area contributed by atoms with E-state index in [0.717, 1.165) is 26.2 Å². The molecule has 0 radical (unpaired) electrons. The fraction of sp³-hybridized carbons (Fsp3) is 0.304. The van der Waals surface area contributed by atoms with E-state index in [2.05, 4.69) is 10.3 Å². The Hall–Kier alpha value is -2.91. The van der Waals surface area contributed by atoms with E-state index < -0.39 is 21.8 Å². The zero-order valence-corrected chi connectivity index (χ0v) is 18.1. The molecule has 6 nitrogen and oxygen atoms in total. The van der Waals surface area contributed by atoms with Crippen molar-refractivity contribution < 1.29 is 22.0 Å². The summed E-state index contributed by atoms with van der Waals surface area (Å²) in [6.07, 6.45) is 2.67. The van der Waals surface area contributed by atoms with E-state index in [0.29, 0.717) is 18.5 Å². The Labute approximate surface area is 185 Å². The maximum Gasteiger partial charge on any atom is 0.350 e. The van der Waals surface area contributed by atoms with Crippen LogP contribution in [0.4, 0.5) is 8.78 Å². The molecule has 4 rings (SSSR count). The highest BCUT2D eigenvalue weighted by Gasteiger charge is 2.35. The van der Waals surface area contributed by atoms with Gasteiger partial charge in [-0.1, -0.05) is 42.5 Å². The normalized spacial score (nSPS) is 17.5. The van der Waals surface area contributed by atoms with Crippen molar-refractivity contribution in [1.29, 1.82) is 0 Å². The van der Waals surface area contributed by atoms with Gasteiger partial charge in [-0.25, -0.2) is 8.42 Å². The van der Waals surface area contributed by atoms with E-state index in [1.54, 1.807) is 6.20 Å². The minimum atomic E-state index is -4.64. The lowest BCUT2D eigenvalue weighted by molar-refractivity contribution is -0.121. The van der Waals surface area contributed by atoms with Crippen LogP contribution in [0, 0.1) is 0 Å². The van der Waals surface area contributed by atoms with E-state index in [9.17, 15) is 22.0 Å². The van der Waals surface area contributed by atoms with Gasteiger partial charge in [0.1, 0.15) is 0 Å². The van der Waals surface area contributed by atoms with Gasteiger partial charge in [0.25, 0.3) is 10.0 Å². The quantitative estimate of drug-likeness (QED) is 0.611. The molecule has 9 heteroatoms. The molecule has 0 bridgehead atoms. The molecule has 0 aliphatic carbocycles. The average Bonchev–Trinajstić information content (AvgIpc) is 2.79. The Kier molecular flexibility index (Phi) is 6.48. The van der Waals surface area contributed by atoms with Gasteiger partial charge in [0.2, 0.25) is 5.91 Å². The van der Waals surface area contributed by atoms with Crippen molar-refractivity contribution in [3.63, 3.8) is 0 Å². The number of alkyl halides is 2. The lowest BCUT2D eigenvalue weighted by Gasteiger charge is -2.32. The minimum absolute atomic E-state index is 0.0175. The molecule has 3 aromatic rings. The van der Waals surface area contributed by atoms with E-state index >= 15 is 0 Å². The molecule has 1 atom stereocenters. The van der Waals surface area contributed by atoms with E-state index in [4.69, 9.17) is 0 Å². The third kappa shape index (κ3) is 4.94. The summed E-state index contributed by atoms with van der Waals surface area (Å²) in [6, 6.07) is 17.4. The number of carbonyl (C=O) groups excluding carboxylic acids is 1. The molecule has 2 heterocycles. The first-order chi connectivity index (χ1) is 15.3. The number of fused-ring (bicyclic) bond motifs is 1. The van der Waals surface area contributed by atoms with Crippen molar-refractivity contribution in [2.45, 2.75) is 31.1 Å². The fourth-order valence-electron chi connectivity index (χ4n) is 3.94. The second-order valence-electron chi connectivity index (χ2n) is 7.85. The van der Waals surface area contributed by atoms with Crippen LogP contribution in [0.3, 0.4) is 0 Å². The predicted molar refractivity (Wildman–Crippen MR) is 119 cm³/mol. The highest BCUT2D eigenvalue weighted by atomic mass is 32.2. The molecule has 1 saturated heterocycles. The molecule has 2 aromatic carbocycles. The number of rotatable bonds is 6. The number of aromatic nitrogens is 1. The number of nitrogens with zero attached hydrogens (tertiary/aromatic N) is 2. The zero-order chi connectivity index (χ0) is 22.7. The predicted octanol–water partition coefficient (Wildman–Crippen LogP) is 3.58. The van der Waals surface area contributed by atoms with Crippen LogP contribution in [0.5, 0.6) is 0 Å². The van der Waals surface area contributed by atoms with Crippen LogP contribution >= 0.6 is 0 Å². The van der Waals surface area contributed by atoms with Gasteiger partial charge in [-0.15, -0.1) is 0 Å². The van der Waals surface area contributed by atoms with Gasteiger partial charge in [-0.2, -0.15) is 13.1 Å². The first-order valence-corrected chi connectivity index (χ1v) is 11.8. The number of piperidine rings is 1. The average molecular weight is 460 g/mol. The molecule has 1 fully saturated rings. The summed E-state index contributed by atoms with van der Waals surface area (Å²) >= 11 is 0. The largest absolute Gasteiger partial charge is 0.352 e. The van der Waals surface area contributed by atoms with Crippen LogP contribution in [0.15, 0.2) is 60.8 Å². The topological polar surface area (TPSA) is 79.4 Å². The number of halogens is 2. The molecular weight excluding hydrogens is 436 g/mol. The monoisotopic (exact) mass is 459 g/mol. The van der Waals surface area contributed by atoms with Crippen molar-refractivity contribution in [3.05, 3.63) is 66.5 Å². The smallest absolute Gasteiger partial charge is 0.350 e. The number of hydrogen-bond donors (Lipinski definition) is 1. The molecule has 0 saturated carbocycles. The van der Waals surface area contributed by atoms with Crippen LogP contribution in [0.1, 0.15) is 18.5 Å². The summed E-state index contributed by atoms with van der Waals surface area (Å²) in [7, 11) is -4.64. The van der Waals surface area contributed by atoms with Crippen LogP contribution in [0.2, 0.25) is 0 Å². The SMILES string of the molecule is O=C(Cc1cc2cc(-c3ccccc3)ccc2cn1)NC1CCCN(S(=O)(=O)C(F)F)C1. The summed E-state index contributed by atoms with van der Waals surface area (Å²) < 4.78 is 49.8. The van der Waals surface area contributed by atoms with Gasteiger partial charge in [-0.3, -0.25) is 9.78 Å². The van der Waals surface area contributed by atoms with Crippen molar-refractivity contribution in [1.82, 2.24) is 14.6 Å². The number of carbonyl (C=O) groups is 1. The van der Waals surface area contributed by atoms with E-state index in [1.165, 1.54) is 0 Å². The van der Waals surface area contributed by atoms with Gasteiger partial charge < -0.3 is 5.32 Å². The highest BCUT2D eigenvalue weighted by Crippen LogP contribution is 2.24. The maximum absolute atomic E-state index is 12.8. The number of amides is 1. The molecule has 1 aliphatic heterocycles. The molecule has 1 unspecified atom stereocenters. The molecule has 1 aliphatic rings. The molecular formula is C23H23F2N3O3S. The summed E-state index contributed by atoms with van der Waals surface area (Å²) in [5, 5.41) is 4.67. The van der Waals surface area contributed by atoms with Crippen molar-refractivity contribution in [2.24, 2.45) is 0 Å². The number of nitrogens with one attached hydrogen (secondary N) is 1. The van der Waals surface area contributed by atoms with Crippen LogP contribution in [-0.4, -0.2) is 48.5 Å². The summed E-state index contributed by atoms with van der Waals surface area (Å²) in [5.74, 6) is -3.78. The maximum atomic E-state index is 12.8. The molecule has 168 valence electrons. The molecule has 32 heavy (non-hydrogen) atoms. The summed E-state index contributed by atoms with van der Waals surface area (Å²) in [4.78, 5) is 16.9. The zero-order valence-electron chi connectivity index (χ0n) is 17.2. The van der Waals surface area contributed by atoms with Crippen molar-refractivity contribution >= 4 is 26.7 Å². The molecule has 0 spiro atoms. The molecule has 1 N–H and O–H groups in total. The Morgan fingerprint density at radius 1 is 1.09 bits per heavy atom. The van der Waals surface area contributed by atoms with Gasteiger partial charge in [0.15, 0.2) is 0 Å². The number of benzene rings is 2. The summed E-state index contributed by atoms with van der Waals surface area (Å²) in [6.45, 7) is -0.112. The summed E-state index contributed by atoms with van der Waals surface area (Å²) in [5.41, 5.74) is 2.72. The highest BCUT2D eigenvalue weighted by molar-refractivity contribution is 7.89. The van der Waals surface area contributed by atoms with Gasteiger partial charge in [-0.05, 0) is 41.5 Å². The lowest BCUT2D eigenvalue weighted by Crippen LogP contribution is -2.51. The van der Waals surface area contributed by atoms with E-state index in [1.807, 2.05) is 54.6 Å². The second kappa shape index (κ2) is 9.30. The minimum Gasteiger partial charge on any atom is -0.352 e. The van der Waals surface area contributed by atoms with E-state index in [-0.39, 0.29) is 25.4 Å². The number of hydrogen-bond acceptors (Lipinski definition) is 4. The van der Waals surface area contributed by atoms with Crippen molar-refractivity contribution in [3.8, 4) is 11.1 Å². The molecule has 1 aromatic heterocycles. The first-order valence-electron chi connectivity index (χ1n) is 10.3. The van der Waals surface area contributed by atoms with Crippen molar-refractivity contribution in [2.75, 3.05) is 13.1 Å². The van der Waals surface area contributed by atoms with Crippen LogP contribution < -0.4 is 5.32 Å². The van der Waals surface area contributed by atoms with Crippen LogP contribution in [0.25, 0.3) is 21.9 Å². The first kappa shape index (κ1) is 22.3. The lowest BCUT2D eigenvalue weighted by atomic mass is 10.0. The van der Waals surface area contributed by atoms with Gasteiger partial charge in [0, 0.05) is 30.7 Å². The Morgan fingerprint density at radius 3 is 2.62 bits per heavy atom. The Morgan fingerprint density at radius 2 is 1.88 bits per heavy atom.